The Morgan fingerprint density at radius 3 is 3.00 bits per heavy atom. The Morgan fingerprint density at radius 2 is 2.20 bits per heavy atom. The molecule has 1 spiro atoms. The van der Waals surface area contributed by atoms with Crippen LogP contribution >= 0.6 is 11.3 Å². The van der Waals surface area contributed by atoms with E-state index in [-0.39, 0.29) is 24.0 Å². The van der Waals surface area contributed by atoms with Gasteiger partial charge in [0.15, 0.2) is 5.13 Å². The highest BCUT2D eigenvalue weighted by molar-refractivity contribution is 7.22. The Bertz CT molecular complexity index is 1080. The van der Waals surface area contributed by atoms with Crippen LogP contribution in [0.3, 0.4) is 0 Å². The zero-order valence-corrected chi connectivity index (χ0v) is 17.5. The fourth-order valence-corrected chi connectivity index (χ4v) is 6.42. The van der Waals surface area contributed by atoms with E-state index < -0.39 is 17.4 Å². The maximum Gasteiger partial charge on any atom is 0.236 e. The molecule has 3 aliphatic heterocycles. The van der Waals surface area contributed by atoms with Crippen LogP contribution in [-0.2, 0) is 14.3 Å². The minimum atomic E-state index is -0.727. The molecular formula is C22H23N3O4S. The molecule has 30 heavy (non-hydrogen) atoms. The zero-order valence-electron chi connectivity index (χ0n) is 16.7. The van der Waals surface area contributed by atoms with Crippen molar-refractivity contribution in [2.45, 2.75) is 43.4 Å². The summed E-state index contributed by atoms with van der Waals surface area (Å²) in [6.07, 6.45) is 7.96. The standard InChI is InChI=1S/C22H23N3O4S/c1-28-13-6-7-16-14(10-13)24-21(30-16)25-11-22-9-8-15(29-22)17(18(22)20(25)27)19(26)23-12-4-2-3-5-12/h6-10,12,15,17-18H,2-5,11H2,1H3,(H,23,26)/t15-,17-,18+,22-/m1/s1. The van der Waals surface area contributed by atoms with Gasteiger partial charge in [0.2, 0.25) is 11.8 Å². The fourth-order valence-electron chi connectivity index (χ4n) is 5.46. The van der Waals surface area contributed by atoms with Gasteiger partial charge in [0.25, 0.3) is 0 Å². The lowest BCUT2D eigenvalue weighted by Crippen LogP contribution is -2.46. The smallest absolute Gasteiger partial charge is 0.236 e. The summed E-state index contributed by atoms with van der Waals surface area (Å²) in [7, 11) is 1.62. The molecule has 1 aromatic heterocycles. The summed E-state index contributed by atoms with van der Waals surface area (Å²) in [4.78, 5) is 33.0. The van der Waals surface area contributed by atoms with Gasteiger partial charge in [-0.3, -0.25) is 14.5 Å². The molecule has 1 aliphatic carbocycles. The second kappa shape index (κ2) is 6.52. The first kappa shape index (κ1) is 18.3. The van der Waals surface area contributed by atoms with Gasteiger partial charge < -0.3 is 14.8 Å². The van der Waals surface area contributed by atoms with E-state index in [0.717, 1.165) is 41.6 Å². The van der Waals surface area contributed by atoms with E-state index in [0.29, 0.717) is 11.7 Å². The maximum atomic E-state index is 13.5. The van der Waals surface area contributed by atoms with Gasteiger partial charge in [-0.25, -0.2) is 4.98 Å². The molecule has 8 heteroatoms. The molecule has 2 saturated heterocycles. The average Bonchev–Trinajstić information content (AvgIpc) is 3.54. The predicted molar refractivity (Wildman–Crippen MR) is 113 cm³/mol. The predicted octanol–water partition coefficient (Wildman–Crippen LogP) is 2.65. The highest BCUT2D eigenvalue weighted by Gasteiger charge is 2.67. The monoisotopic (exact) mass is 425 g/mol. The summed E-state index contributed by atoms with van der Waals surface area (Å²) < 4.78 is 12.5. The molecular weight excluding hydrogens is 402 g/mol. The number of rotatable bonds is 4. The highest BCUT2D eigenvalue weighted by atomic mass is 32.1. The second-order valence-corrected chi connectivity index (χ2v) is 9.65. The molecule has 4 atom stereocenters. The third-order valence-corrected chi connectivity index (χ3v) is 7.98. The van der Waals surface area contributed by atoms with E-state index in [1.54, 1.807) is 12.0 Å². The number of carbonyl (C=O) groups excluding carboxylic acids is 2. The van der Waals surface area contributed by atoms with Crippen molar-refractivity contribution >= 4 is 38.5 Å². The molecule has 0 radical (unpaired) electrons. The molecule has 4 aliphatic rings. The van der Waals surface area contributed by atoms with Crippen molar-refractivity contribution in [3.8, 4) is 5.75 Å². The summed E-state index contributed by atoms with van der Waals surface area (Å²) in [5.74, 6) is -0.346. The first-order chi connectivity index (χ1) is 14.6. The van der Waals surface area contributed by atoms with Crippen molar-refractivity contribution in [2.75, 3.05) is 18.6 Å². The van der Waals surface area contributed by atoms with Crippen molar-refractivity contribution < 1.29 is 19.1 Å². The Morgan fingerprint density at radius 1 is 1.37 bits per heavy atom. The second-order valence-electron chi connectivity index (χ2n) is 8.64. The van der Waals surface area contributed by atoms with E-state index in [9.17, 15) is 9.59 Å². The van der Waals surface area contributed by atoms with Gasteiger partial charge in [-0.1, -0.05) is 36.3 Å². The van der Waals surface area contributed by atoms with Crippen LogP contribution in [0, 0.1) is 11.8 Å². The van der Waals surface area contributed by atoms with Gasteiger partial charge in [0.05, 0.1) is 41.8 Å². The van der Waals surface area contributed by atoms with Gasteiger partial charge >= 0.3 is 0 Å². The molecule has 7 nitrogen and oxygen atoms in total. The van der Waals surface area contributed by atoms with Crippen LogP contribution in [0.2, 0.25) is 0 Å². The summed E-state index contributed by atoms with van der Waals surface area (Å²) in [5.41, 5.74) is 0.0719. The number of aromatic nitrogens is 1. The van der Waals surface area contributed by atoms with E-state index in [1.165, 1.54) is 11.3 Å². The number of hydrogen-bond acceptors (Lipinski definition) is 6. The van der Waals surface area contributed by atoms with Crippen molar-refractivity contribution in [3.05, 3.63) is 30.4 Å². The Hall–Kier alpha value is -2.45. The number of benzene rings is 1. The van der Waals surface area contributed by atoms with Crippen LogP contribution in [0.5, 0.6) is 5.75 Å². The third kappa shape index (κ3) is 2.56. The third-order valence-electron chi connectivity index (χ3n) is 6.92. The molecule has 2 aromatic rings. The lowest BCUT2D eigenvalue weighted by atomic mass is 9.76. The number of amides is 2. The van der Waals surface area contributed by atoms with Gasteiger partial charge in [-0.15, -0.1) is 0 Å². The molecule has 6 rings (SSSR count). The van der Waals surface area contributed by atoms with Crippen LogP contribution in [0.1, 0.15) is 25.7 Å². The first-order valence-corrected chi connectivity index (χ1v) is 11.3. The molecule has 2 bridgehead atoms. The van der Waals surface area contributed by atoms with E-state index in [1.807, 2.05) is 30.4 Å². The van der Waals surface area contributed by atoms with Crippen molar-refractivity contribution in [1.82, 2.24) is 10.3 Å². The summed E-state index contributed by atoms with van der Waals surface area (Å²) in [6.45, 7) is 0.396. The summed E-state index contributed by atoms with van der Waals surface area (Å²) in [5, 5.41) is 3.81. The first-order valence-electron chi connectivity index (χ1n) is 10.5. The van der Waals surface area contributed by atoms with Crippen molar-refractivity contribution in [3.63, 3.8) is 0 Å². The summed E-state index contributed by atoms with van der Waals surface area (Å²) in [6, 6.07) is 5.94. The maximum absolute atomic E-state index is 13.5. The lowest BCUT2D eigenvalue weighted by molar-refractivity contribution is -0.132. The fraction of sp³-hybridized carbons (Fsp3) is 0.500. The zero-order chi connectivity index (χ0) is 20.5. The minimum absolute atomic E-state index is 0.0487. The molecule has 1 saturated carbocycles. The number of nitrogens with zero attached hydrogens (tertiary/aromatic N) is 2. The topological polar surface area (TPSA) is 80.8 Å². The number of fused-ring (bicyclic) bond motifs is 2. The normalized spacial score (nSPS) is 32.4. The van der Waals surface area contributed by atoms with Crippen LogP contribution < -0.4 is 15.0 Å². The van der Waals surface area contributed by atoms with Gasteiger partial charge in [-0.2, -0.15) is 0 Å². The molecule has 156 valence electrons. The van der Waals surface area contributed by atoms with E-state index in [2.05, 4.69) is 10.3 Å². The lowest BCUT2D eigenvalue weighted by Gasteiger charge is -2.24. The number of hydrogen-bond donors (Lipinski definition) is 1. The minimum Gasteiger partial charge on any atom is -0.497 e. The SMILES string of the molecule is COc1ccc2sc(N3C[C@@]45C=C[C@@H](O4)[C@@H](C(=O)NC4CCCC4)[C@H]5C3=O)nc2c1. The number of nitrogens with one attached hydrogen (secondary N) is 1. The average molecular weight is 426 g/mol. The molecule has 1 aromatic carbocycles. The van der Waals surface area contributed by atoms with Crippen LogP contribution in [0.25, 0.3) is 10.2 Å². The number of thiazole rings is 1. The van der Waals surface area contributed by atoms with Gasteiger partial charge in [0, 0.05) is 12.1 Å². The number of anilines is 1. The van der Waals surface area contributed by atoms with Crippen molar-refractivity contribution in [1.29, 1.82) is 0 Å². The number of methoxy groups -OCH3 is 1. The highest BCUT2D eigenvalue weighted by Crippen LogP contribution is 2.53. The van der Waals surface area contributed by atoms with Crippen LogP contribution in [-0.4, -0.2) is 48.2 Å². The molecule has 3 fully saturated rings. The van der Waals surface area contributed by atoms with Crippen LogP contribution in [0.15, 0.2) is 30.4 Å². The molecule has 2 amide bonds. The molecule has 4 heterocycles. The Labute approximate surface area is 178 Å². The quantitative estimate of drug-likeness (QED) is 0.762. The van der Waals surface area contributed by atoms with Crippen molar-refractivity contribution in [2.24, 2.45) is 11.8 Å². The van der Waals surface area contributed by atoms with E-state index >= 15 is 0 Å². The molecule has 1 N–H and O–H groups in total. The van der Waals surface area contributed by atoms with E-state index in [4.69, 9.17) is 9.47 Å². The van der Waals surface area contributed by atoms with Gasteiger partial charge in [0.1, 0.15) is 11.4 Å². The summed E-state index contributed by atoms with van der Waals surface area (Å²) >= 11 is 1.47. The largest absolute Gasteiger partial charge is 0.497 e. The Kier molecular flexibility index (Phi) is 3.98. The van der Waals surface area contributed by atoms with Crippen LogP contribution in [0.4, 0.5) is 5.13 Å². The Balaban J connectivity index is 1.30. The number of carbonyl (C=O) groups is 2. The van der Waals surface area contributed by atoms with Gasteiger partial charge in [-0.05, 0) is 25.0 Å². The molecule has 0 unspecified atom stereocenters. The number of ether oxygens (including phenoxy) is 2.